The first kappa shape index (κ1) is 19.7. The highest BCUT2D eigenvalue weighted by Crippen LogP contribution is 2.35. The molecule has 1 aliphatic carbocycles. The molecule has 0 radical (unpaired) electrons. The minimum absolute atomic E-state index is 0.0270. The van der Waals surface area contributed by atoms with E-state index in [1.807, 2.05) is 17.1 Å². The summed E-state index contributed by atoms with van der Waals surface area (Å²) in [4.78, 5) is 43.3. The van der Waals surface area contributed by atoms with E-state index in [1.165, 1.54) is 21.7 Å². The summed E-state index contributed by atoms with van der Waals surface area (Å²) < 4.78 is 0. The summed E-state index contributed by atoms with van der Waals surface area (Å²) in [5.41, 5.74) is 3.80. The summed E-state index contributed by atoms with van der Waals surface area (Å²) in [7, 11) is 0. The van der Waals surface area contributed by atoms with Crippen LogP contribution < -0.4 is 4.90 Å². The zero-order valence-electron chi connectivity index (χ0n) is 17.3. The van der Waals surface area contributed by atoms with Gasteiger partial charge in [0.05, 0.1) is 11.8 Å². The minimum atomic E-state index is -0.219. The molecule has 154 valence electrons. The van der Waals surface area contributed by atoms with Crippen molar-refractivity contribution in [3.8, 4) is 0 Å². The van der Waals surface area contributed by atoms with Crippen molar-refractivity contribution in [2.45, 2.75) is 33.1 Å². The normalized spacial score (nSPS) is 24.3. The Labute approximate surface area is 172 Å². The van der Waals surface area contributed by atoms with Crippen molar-refractivity contribution in [3.63, 3.8) is 0 Å². The number of benzene rings is 1. The lowest BCUT2D eigenvalue weighted by molar-refractivity contribution is -0.140. The van der Waals surface area contributed by atoms with E-state index in [0.717, 1.165) is 13.1 Å². The second kappa shape index (κ2) is 8.01. The highest BCUT2D eigenvalue weighted by Gasteiger charge is 2.47. The molecule has 0 spiro atoms. The quantitative estimate of drug-likeness (QED) is 0.580. The van der Waals surface area contributed by atoms with Crippen LogP contribution in [0.3, 0.4) is 0 Å². The lowest BCUT2D eigenvalue weighted by Gasteiger charge is -2.37. The number of hydrogen-bond donors (Lipinski definition) is 0. The topological polar surface area (TPSA) is 60.9 Å². The van der Waals surface area contributed by atoms with Crippen molar-refractivity contribution in [3.05, 3.63) is 41.5 Å². The summed E-state index contributed by atoms with van der Waals surface area (Å²) in [6, 6.07) is 6.33. The molecule has 2 saturated heterocycles. The second-order valence-corrected chi connectivity index (χ2v) is 8.32. The molecule has 1 aromatic rings. The number of aryl methyl sites for hydroxylation is 1. The van der Waals surface area contributed by atoms with Gasteiger partial charge in [-0.15, -0.1) is 0 Å². The van der Waals surface area contributed by atoms with E-state index in [4.69, 9.17) is 0 Å². The third-order valence-electron chi connectivity index (χ3n) is 6.70. The largest absolute Gasteiger partial charge is 0.368 e. The average molecular weight is 396 g/mol. The molecule has 1 aromatic carbocycles. The van der Waals surface area contributed by atoms with Crippen molar-refractivity contribution in [1.82, 2.24) is 9.80 Å². The third kappa shape index (κ3) is 3.68. The number of carbonyl (C=O) groups is 3. The van der Waals surface area contributed by atoms with Crippen molar-refractivity contribution >= 4 is 23.4 Å². The zero-order chi connectivity index (χ0) is 20.5. The Bertz CT molecular complexity index is 829. The smallest absolute Gasteiger partial charge is 0.233 e. The molecule has 2 aliphatic heterocycles. The lowest BCUT2D eigenvalue weighted by Crippen LogP contribution is -2.49. The Balaban J connectivity index is 1.30. The van der Waals surface area contributed by atoms with Crippen molar-refractivity contribution in [2.24, 2.45) is 11.8 Å². The summed E-state index contributed by atoms with van der Waals surface area (Å²) in [6.07, 6.45) is 5.46. The lowest BCUT2D eigenvalue weighted by atomic mass is 9.85. The number of fused-ring (bicyclic) bond motifs is 1. The minimum Gasteiger partial charge on any atom is -0.368 e. The van der Waals surface area contributed by atoms with Gasteiger partial charge >= 0.3 is 0 Å². The van der Waals surface area contributed by atoms with Gasteiger partial charge in [0, 0.05) is 44.8 Å². The molecule has 3 amide bonds. The van der Waals surface area contributed by atoms with Crippen LogP contribution in [0.15, 0.2) is 30.4 Å². The number of imide groups is 1. The first-order valence-electron chi connectivity index (χ1n) is 10.6. The van der Waals surface area contributed by atoms with Gasteiger partial charge in [-0.25, -0.2) is 0 Å². The Kier molecular flexibility index (Phi) is 5.43. The van der Waals surface area contributed by atoms with Crippen LogP contribution in [-0.2, 0) is 14.4 Å². The van der Waals surface area contributed by atoms with Crippen LogP contribution in [0.4, 0.5) is 5.69 Å². The first-order valence-corrected chi connectivity index (χ1v) is 10.6. The molecule has 6 heteroatoms. The highest BCUT2D eigenvalue weighted by molar-refractivity contribution is 6.05. The maximum atomic E-state index is 12.7. The SMILES string of the molecule is Cc1cccc(N2CCN(C(=O)CCN3C(=O)C4CC=CCC4C3=O)CC2)c1C. The Morgan fingerprint density at radius 1 is 0.966 bits per heavy atom. The standard InChI is InChI=1S/C23H29N3O3/c1-16-6-5-9-20(17(16)2)24-12-14-25(15-13-24)21(27)10-11-26-22(28)18-7-3-4-8-19(18)23(26)29/h3-6,9,18-19H,7-8,10-15H2,1-2H3. The van der Waals surface area contributed by atoms with Crippen molar-refractivity contribution < 1.29 is 14.4 Å². The van der Waals surface area contributed by atoms with E-state index in [1.54, 1.807) is 0 Å². The van der Waals surface area contributed by atoms with Crippen LogP contribution in [0.1, 0.15) is 30.4 Å². The van der Waals surface area contributed by atoms with Crippen LogP contribution in [0.25, 0.3) is 0 Å². The van der Waals surface area contributed by atoms with Gasteiger partial charge in [-0.05, 0) is 43.9 Å². The molecule has 2 heterocycles. The number of nitrogens with zero attached hydrogens (tertiary/aromatic N) is 3. The molecule has 4 rings (SSSR count). The van der Waals surface area contributed by atoms with E-state index in [0.29, 0.717) is 25.9 Å². The fourth-order valence-electron chi connectivity index (χ4n) is 4.73. The van der Waals surface area contributed by atoms with Gasteiger partial charge in [0.2, 0.25) is 17.7 Å². The van der Waals surface area contributed by atoms with E-state index in [-0.39, 0.29) is 42.5 Å². The number of amides is 3. The van der Waals surface area contributed by atoms with E-state index < -0.39 is 0 Å². The van der Waals surface area contributed by atoms with Gasteiger partial charge in [-0.3, -0.25) is 19.3 Å². The second-order valence-electron chi connectivity index (χ2n) is 8.32. The number of rotatable bonds is 4. The summed E-state index contributed by atoms with van der Waals surface area (Å²) >= 11 is 0. The Hall–Kier alpha value is -2.63. The van der Waals surface area contributed by atoms with Gasteiger partial charge in [0.25, 0.3) is 0 Å². The summed E-state index contributed by atoms with van der Waals surface area (Å²) in [5.74, 6) is -0.611. The van der Waals surface area contributed by atoms with E-state index in [9.17, 15) is 14.4 Å². The highest BCUT2D eigenvalue weighted by atomic mass is 16.2. The monoisotopic (exact) mass is 395 g/mol. The molecular formula is C23H29N3O3. The van der Waals surface area contributed by atoms with Gasteiger partial charge in [0.1, 0.15) is 0 Å². The molecule has 0 aromatic heterocycles. The fraction of sp³-hybridized carbons (Fsp3) is 0.522. The molecule has 6 nitrogen and oxygen atoms in total. The van der Waals surface area contributed by atoms with Crippen LogP contribution in [0.5, 0.6) is 0 Å². The van der Waals surface area contributed by atoms with E-state index in [2.05, 4.69) is 36.9 Å². The zero-order valence-corrected chi connectivity index (χ0v) is 17.3. The number of piperazine rings is 1. The Morgan fingerprint density at radius 2 is 1.59 bits per heavy atom. The first-order chi connectivity index (χ1) is 14.0. The molecular weight excluding hydrogens is 366 g/mol. The molecule has 2 atom stereocenters. The number of likely N-dealkylation sites (tertiary alicyclic amines) is 1. The van der Waals surface area contributed by atoms with Crippen LogP contribution in [0, 0.1) is 25.7 Å². The molecule has 29 heavy (non-hydrogen) atoms. The van der Waals surface area contributed by atoms with Crippen LogP contribution >= 0.6 is 0 Å². The Morgan fingerprint density at radius 3 is 2.21 bits per heavy atom. The molecule has 2 unspecified atom stereocenters. The van der Waals surface area contributed by atoms with E-state index >= 15 is 0 Å². The number of carbonyl (C=O) groups excluding carboxylic acids is 3. The predicted octanol–water partition coefficient (Wildman–Crippen LogP) is 2.29. The summed E-state index contributed by atoms with van der Waals surface area (Å²) in [5, 5.41) is 0. The average Bonchev–Trinajstić information content (AvgIpc) is 2.99. The fourth-order valence-corrected chi connectivity index (χ4v) is 4.73. The molecule has 0 bridgehead atoms. The number of hydrogen-bond acceptors (Lipinski definition) is 4. The predicted molar refractivity (Wildman–Crippen MR) is 111 cm³/mol. The van der Waals surface area contributed by atoms with Gasteiger partial charge in [-0.1, -0.05) is 24.3 Å². The molecule has 0 N–H and O–H groups in total. The number of allylic oxidation sites excluding steroid dienone is 2. The summed E-state index contributed by atoms with van der Waals surface area (Å²) in [6.45, 7) is 7.40. The van der Waals surface area contributed by atoms with Crippen LogP contribution in [-0.4, -0.2) is 60.2 Å². The van der Waals surface area contributed by atoms with Gasteiger partial charge < -0.3 is 9.80 Å². The number of anilines is 1. The maximum absolute atomic E-state index is 12.7. The van der Waals surface area contributed by atoms with Crippen molar-refractivity contribution in [2.75, 3.05) is 37.6 Å². The van der Waals surface area contributed by atoms with Crippen LogP contribution in [0.2, 0.25) is 0 Å². The van der Waals surface area contributed by atoms with Gasteiger partial charge in [-0.2, -0.15) is 0 Å². The molecule has 2 fully saturated rings. The third-order valence-corrected chi connectivity index (χ3v) is 6.70. The molecule has 3 aliphatic rings. The van der Waals surface area contributed by atoms with Crippen molar-refractivity contribution in [1.29, 1.82) is 0 Å². The molecule has 0 saturated carbocycles. The van der Waals surface area contributed by atoms with Gasteiger partial charge in [0.15, 0.2) is 0 Å². The maximum Gasteiger partial charge on any atom is 0.233 e.